The van der Waals surface area contributed by atoms with Gasteiger partial charge in [-0.25, -0.2) is 15.0 Å². The van der Waals surface area contributed by atoms with Gasteiger partial charge in [0.2, 0.25) is 5.82 Å². The highest BCUT2D eigenvalue weighted by molar-refractivity contribution is 5.72. The first-order valence-corrected chi connectivity index (χ1v) is 4.79. The third-order valence-corrected chi connectivity index (χ3v) is 2.10. The van der Waals surface area contributed by atoms with Crippen molar-refractivity contribution in [1.29, 1.82) is 0 Å². The molecule has 0 aliphatic rings. The fourth-order valence-electron chi connectivity index (χ4n) is 1.44. The van der Waals surface area contributed by atoms with Gasteiger partial charge in [-0.1, -0.05) is 13.3 Å². The number of rotatable bonds is 2. The molecule has 0 bridgehead atoms. The van der Waals surface area contributed by atoms with Crippen molar-refractivity contribution in [1.82, 2.24) is 19.9 Å². The molecule has 2 aromatic heterocycles. The van der Waals surface area contributed by atoms with Crippen LogP contribution in [0.15, 0.2) is 6.33 Å². The van der Waals surface area contributed by atoms with Crippen LogP contribution in [0.4, 0.5) is 13.2 Å². The molecule has 0 radical (unpaired) electrons. The standard InChI is InChI=1S/C9H9F3N4/c1-2-3-5-6-7(14-4-13-6)16-8(15-5)9(10,11)12/h4H,2-3H2,1H3,(H,13,14,15,16). The minimum absolute atomic E-state index is 0.0609. The number of hydrogen-bond donors (Lipinski definition) is 1. The lowest BCUT2D eigenvalue weighted by molar-refractivity contribution is -0.144. The Kier molecular flexibility index (Phi) is 2.53. The predicted octanol–water partition coefficient (Wildman–Crippen LogP) is 2.32. The van der Waals surface area contributed by atoms with Crippen LogP contribution in [0.3, 0.4) is 0 Å². The molecule has 0 saturated carbocycles. The monoisotopic (exact) mass is 230 g/mol. The van der Waals surface area contributed by atoms with Gasteiger partial charge in [0, 0.05) is 0 Å². The number of aryl methyl sites for hydroxylation is 1. The average Bonchev–Trinajstić information content (AvgIpc) is 2.64. The minimum Gasteiger partial charge on any atom is -0.342 e. The molecule has 2 rings (SSSR count). The molecule has 0 fully saturated rings. The van der Waals surface area contributed by atoms with Crippen molar-refractivity contribution >= 4 is 11.2 Å². The maximum absolute atomic E-state index is 12.5. The smallest absolute Gasteiger partial charge is 0.342 e. The SMILES string of the molecule is CCCc1nc(C(F)(F)F)nc2nc[nH]c12. The van der Waals surface area contributed by atoms with Crippen molar-refractivity contribution in [3.63, 3.8) is 0 Å². The van der Waals surface area contributed by atoms with Crippen molar-refractivity contribution in [3.05, 3.63) is 17.8 Å². The van der Waals surface area contributed by atoms with Crippen molar-refractivity contribution in [3.8, 4) is 0 Å². The number of alkyl halides is 3. The molecule has 0 spiro atoms. The summed E-state index contributed by atoms with van der Waals surface area (Å²) in [5.74, 6) is -1.13. The van der Waals surface area contributed by atoms with Gasteiger partial charge in [0.25, 0.3) is 0 Å². The van der Waals surface area contributed by atoms with Gasteiger partial charge >= 0.3 is 6.18 Å². The van der Waals surface area contributed by atoms with E-state index < -0.39 is 12.0 Å². The molecular formula is C9H9F3N4. The number of halogens is 3. The summed E-state index contributed by atoms with van der Waals surface area (Å²) < 4.78 is 37.4. The van der Waals surface area contributed by atoms with Crippen molar-refractivity contribution in [2.24, 2.45) is 0 Å². The quantitative estimate of drug-likeness (QED) is 0.861. The van der Waals surface area contributed by atoms with E-state index >= 15 is 0 Å². The molecule has 2 aromatic rings. The molecule has 0 aliphatic heterocycles. The Morgan fingerprint density at radius 2 is 2.06 bits per heavy atom. The number of nitrogens with one attached hydrogen (secondary N) is 1. The Morgan fingerprint density at radius 1 is 1.31 bits per heavy atom. The lowest BCUT2D eigenvalue weighted by Crippen LogP contribution is -2.13. The number of nitrogens with zero attached hydrogens (tertiary/aromatic N) is 3. The van der Waals surface area contributed by atoms with E-state index in [4.69, 9.17) is 0 Å². The van der Waals surface area contributed by atoms with Gasteiger partial charge in [-0.3, -0.25) is 0 Å². The van der Waals surface area contributed by atoms with E-state index in [1.165, 1.54) is 6.33 Å². The minimum atomic E-state index is -4.53. The van der Waals surface area contributed by atoms with Crippen LogP contribution in [0.25, 0.3) is 11.2 Å². The summed E-state index contributed by atoms with van der Waals surface area (Å²) in [4.78, 5) is 13.4. The Hall–Kier alpha value is -1.66. The molecule has 4 nitrogen and oxygen atoms in total. The zero-order chi connectivity index (χ0) is 11.8. The second-order valence-electron chi connectivity index (χ2n) is 3.34. The highest BCUT2D eigenvalue weighted by atomic mass is 19.4. The topological polar surface area (TPSA) is 54.5 Å². The third kappa shape index (κ3) is 1.84. The highest BCUT2D eigenvalue weighted by Crippen LogP contribution is 2.27. The number of aromatic nitrogens is 4. The Morgan fingerprint density at radius 3 is 2.69 bits per heavy atom. The second-order valence-corrected chi connectivity index (χ2v) is 3.34. The van der Waals surface area contributed by atoms with Crippen LogP contribution in [0.1, 0.15) is 24.9 Å². The number of imidazole rings is 1. The van der Waals surface area contributed by atoms with Crippen LogP contribution in [0.2, 0.25) is 0 Å². The number of hydrogen-bond acceptors (Lipinski definition) is 3. The van der Waals surface area contributed by atoms with E-state index in [0.717, 1.165) is 0 Å². The van der Waals surface area contributed by atoms with Gasteiger partial charge < -0.3 is 4.98 Å². The van der Waals surface area contributed by atoms with E-state index in [1.807, 2.05) is 6.92 Å². The molecule has 0 amide bonds. The molecule has 16 heavy (non-hydrogen) atoms. The summed E-state index contributed by atoms with van der Waals surface area (Å²) in [5.41, 5.74) is 0.901. The van der Waals surface area contributed by atoms with Gasteiger partial charge in [-0.05, 0) is 6.42 Å². The number of H-pyrrole nitrogens is 1. The van der Waals surface area contributed by atoms with Crippen LogP contribution in [-0.2, 0) is 12.6 Å². The average molecular weight is 230 g/mol. The lowest BCUT2D eigenvalue weighted by atomic mass is 10.2. The summed E-state index contributed by atoms with van der Waals surface area (Å²) in [5, 5.41) is 0. The zero-order valence-electron chi connectivity index (χ0n) is 8.47. The molecular weight excluding hydrogens is 221 g/mol. The molecule has 7 heteroatoms. The van der Waals surface area contributed by atoms with Gasteiger partial charge in [-0.2, -0.15) is 13.2 Å². The van der Waals surface area contributed by atoms with Crippen molar-refractivity contribution in [2.45, 2.75) is 25.9 Å². The molecule has 2 heterocycles. The van der Waals surface area contributed by atoms with E-state index in [-0.39, 0.29) is 5.65 Å². The van der Waals surface area contributed by atoms with E-state index in [2.05, 4.69) is 19.9 Å². The van der Waals surface area contributed by atoms with Crippen molar-refractivity contribution in [2.75, 3.05) is 0 Å². The fraction of sp³-hybridized carbons (Fsp3) is 0.444. The maximum Gasteiger partial charge on any atom is 0.451 e. The van der Waals surface area contributed by atoms with Gasteiger partial charge in [-0.15, -0.1) is 0 Å². The Balaban J connectivity index is 2.61. The van der Waals surface area contributed by atoms with Crippen LogP contribution in [0, 0.1) is 0 Å². The normalized spacial score (nSPS) is 12.2. The molecule has 0 unspecified atom stereocenters. The van der Waals surface area contributed by atoms with Crippen LogP contribution in [0.5, 0.6) is 0 Å². The Labute approximate surface area is 88.9 Å². The summed E-state index contributed by atoms with van der Waals surface area (Å²) in [6, 6.07) is 0. The summed E-state index contributed by atoms with van der Waals surface area (Å²) in [6.07, 6.45) is -2.04. The largest absolute Gasteiger partial charge is 0.451 e. The molecule has 0 aromatic carbocycles. The van der Waals surface area contributed by atoms with E-state index in [9.17, 15) is 13.2 Å². The van der Waals surface area contributed by atoms with Crippen LogP contribution >= 0.6 is 0 Å². The zero-order valence-corrected chi connectivity index (χ0v) is 8.47. The number of aromatic amines is 1. The Bertz CT molecular complexity index is 503. The van der Waals surface area contributed by atoms with E-state index in [1.54, 1.807) is 0 Å². The summed E-state index contributed by atoms with van der Waals surface area (Å²) in [6.45, 7) is 1.87. The van der Waals surface area contributed by atoms with Crippen LogP contribution in [-0.4, -0.2) is 19.9 Å². The van der Waals surface area contributed by atoms with Gasteiger partial charge in [0.05, 0.1) is 12.0 Å². The summed E-state index contributed by atoms with van der Waals surface area (Å²) >= 11 is 0. The lowest BCUT2D eigenvalue weighted by Gasteiger charge is -2.06. The first-order valence-electron chi connectivity index (χ1n) is 4.79. The fourth-order valence-corrected chi connectivity index (χ4v) is 1.44. The molecule has 86 valence electrons. The molecule has 0 saturated heterocycles. The predicted molar refractivity (Wildman–Crippen MR) is 50.7 cm³/mol. The highest BCUT2D eigenvalue weighted by Gasteiger charge is 2.35. The first kappa shape index (κ1) is 10.8. The maximum atomic E-state index is 12.5. The second kappa shape index (κ2) is 3.73. The third-order valence-electron chi connectivity index (χ3n) is 2.10. The van der Waals surface area contributed by atoms with Crippen molar-refractivity contribution < 1.29 is 13.2 Å². The van der Waals surface area contributed by atoms with E-state index in [0.29, 0.717) is 24.1 Å². The molecule has 0 aliphatic carbocycles. The van der Waals surface area contributed by atoms with Gasteiger partial charge in [0.15, 0.2) is 5.65 Å². The number of fused-ring (bicyclic) bond motifs is 1. The first-order chi connectivity index (χ1) is 7.52. The summed E-state index contributed by atoms with van der Waals surface area (Å²) in [7, 11) is 0. The molecule has 0 atom stereocenters. The molecule has 1 N–H and O–H groups in total. The van der Waals surface area contributed by atoms with Gasteiger partial charge in [0.1, 0.15) is 5.52 Å². The van der Waals surface area contributed by atoms with Crippen LogP contribution < -0.4 is 0 Å².